The van der Waals surface area contributed by atoms with Crippen LogP contribution in [0.5, 0.6) is 5.75 Å². The molecule has 9 heteroatoms. The van der Waals surface area contributed by atoms with E-state index in [0.29, 0.717) is 25.5 Å². The van der Waals surface area contributed by atoms with E-state index < -0.39 is 12.1 Å². The van der Waals surface area contributed by atoms with Gasteiger partial charge in [-0.2, -0.15) is 0 Å². The zero-order valence-corrected chi connectivity index (χ0v) is 23.7. The Hall–Kier alpha value is -2.91. The molecule has 1 aromatic carbocycles. The van der Waals surface area contributed by atoms with Gasteiger partial charge in [0.05, 0.1) is 23.9 Å². The van der Waals surface area contributed by atoms with Crippen molar-refractivity contribution in [1.29, 1.82) is 0 Å². The number of hydrogen-bond donors (Lipinski definition) is 2. The lowest BCUT2D eigenvalue weighted by Crippen LogP contribution is -2.46. The van der Waals surface area contributed by atoms with Crippen LogP contribution >= 0.6 is 0 Å². The number of carbonyl (C=O) groups excluding carboxylic acids is 1. The standard InChI is InChI=1S/C29H44N6O3/c1-19(22-9-8-10-24(15-22)38-14-13-33(6)7)30-28(37)26-16-23(36)17-34(26)20(2)27(29(3,4)5)35-18-25(31-32-35)21-11-12-21/h8-10,15,18-19,21,23,26-27,36H,2,11-14,16-17H2,1,3-7H3,(H,30,37)/t19-,23+,26-,27+/m0/s1. The Labute approximate surface area is 226 Å². The van der Waals surface area contributed by atoms with Crippen molar-refractivity contribution in [2.24, 2.45) is 5.41 Å². The van der Waals surface area contributed by atoms with Crippen LogP contribution in [0.1, 0.15) is 76.2 Å². The van der Waals surface area contributed by atoms with Gasteiger partial charge in [0, 0.05) is 37.3 Å². The van der Waals surface area contributed by atoms with E-state index in [2.05, 4.69) is 47.9 Å². The van der Waals surface area contributed by atoms with Gasteiger partial charge < -0.3 is 25.0 Å². The second-order valence-electron chi connectivity index (χ2n) is 12.2. The summed E-state index contributed by atoms with van der Waals surface area (Å²) in [7, 11) is 4.02. The molecule has 1 aromatic heterocycles. The summed E-state index contributed by atoms with van der Waals surface area (Å²) >= 11 is 0. The fraction of sp³-hybridized carbons (Fsp3) is 0.621. The van der Waals surface area contributed by atoms with E-state index >= 15 is 0 Å². The maximum atomic E-state index is 13.6. The van der Waals surface area contributed by atoms with Gasteiger partial charge in [-0.15, -0.1) is 5.10 Å². The number of amides is 1. The lowest BCUT2D eigenvalue weighted by Gasteiger charge is -2.38. The molecule has 1 saturated heterocycles. The van der Waals surface area contributed by atoms with Crippen LogP contribution in [-0.4, -0.2) is 81.7 Å². The van der Waals surface area contributed by atoms with Gasteiger partial charge in [-0.1, -0.05) is 44.7 Å². The summed E-state index contributed by atoms with van der Waals surface area (Å²) in [6.45, 7) is 14.6. The molecule has 9 nitrogen and oxygen atoms in total. The molecule has 0 spiro atoms. The van der Waals surface area contributed by atoms with E-state index in [0.717, 1.165) is 42.1 Å². The van der Waals surface area contributed by atoms with Gasteiger partial charge in [-0.05, 0) is 57.0 Å². The molecule has 0 bridgehead atoms. The molecule has 2 heterocycles. The number of nitrogens with one attached hydrogen (secondary N) is 1. The first-order valence-electron chi connectivity index (χ1n) is 13.7. The number of aliphatic hydroxyl groups is 1. The SMILES string of the molecule is C=C([C@@H](n1cc(C2CC2)nn1)C(C)(C)C)N1C[C@H](O)C[C@H]1C(=O)N[C@@H](C)c1cccc(OCCN(C)C)c1. The number of β-amino-alcohol motifs (C(OH)–C–C–N with tert-alkyl or cyclic N) is 1. The second-order valence-corrected chi connectivity index (χ2v) is 12.2. The van der Waals surface area contributed by atoms with E-state index in [1.165, 1.54) is 0 Å². The average Bonchev–Trinajstić information content (AvgIpc) is 3.45. The summed E-state index contributed by atoms with van der Waals surface area (Å²) in [6, 6.07) is 6.89. The molecule has 2 aliphatic rings. The number of aromatic nitrogens is 3. The minimum absolute atomic E-state index is 0.126. The first kappa shape index (κ1) is 28.1. The van der Waals surface area contributed by atoms with Crippen molar-refractivity contribution in [3.63, 3.8) is 0 Å². The molecule has 1 saturated carbocycles. The van der Waals surface area contributed by atoms with Crippen LogP contribution in [0.3, 0.4) is 0 Å². The maximum absolute atomic E-state index is 13.6. The van der Waals surface area contributed by atoms with Crippen molar-refractivity contribution in [1.82, 2.24) is 30.1 Å². The molecular formula is C29H44N6O3. The normalized spacial score (nSPS) is 21.4. The summed E-state index contributed by atoms with van der Waals surface area (Å²) in [4.78, 5) is 17.6. The smallest absolute Gasteiger partial charge is 0.243 e. The highest BCUT2D eigenvalue weighted by atomic mass is 16.5. The minimum atomic E-state index is -0.607. The molecule has 4 rings (SSSR count). The molecule has 1 amide bonds. The van der Waals surface area contributed by atoms with E-state index in [4.69, 9.17) is 4.74 Å². The highest BCUT2D eigenvalue weighted by Gasteiger charge is 2.42. The Bertz CT molecular complexity index is 1120. The molecule has 2 fully saturated rings. The van der Waals surface area contributed by atoms with Crippen LogP contribution in [-0.2, 0) is 4.79 Å². The van der Waals surface area contributed by atoms with Crippen molar-refractivity contribution >= 4 is 5.91 Å². The van der Waals surface area contributed by atoms with Crippen molar-refractivity contribution in [2.45, 2.75) is 77.1 Å². The topological polar surface area (TPSA) is 95.8 Å². The summed E-state index contributed by atoms with van der Waals surface area (Å²) in [5, 5.41) is 22.6. The van der Waals surface area contributed by atoms with Gasteiger partial charge in [-0.3, -0.25) is 4.79 Å². The van der Waals surface area contributed by atoms with Gasteiger partial charge in [0.2, 0.25) is 5.91 Å². The molecule has 1 aliphatic heterocycles. The van der Waals surface area contributed by atoms with Crippen molar-refractivity contribution in [3.8, 4) is 5.75 Å². The number of nitrogens with zero attached hydrogens (tertiary/aromatic N) is 5. The number of aliphatic hydroxyl groups excluding tert-OH is 1. The highest BCUT2D eigenvalue weighted by molar-refractivity contribution is 5.83. The number of carbonyl (C=O) groups is 1. The Balaban J connectivity index is 1.46. The fourth-order valence-electron chi connectivity index (χ4n) is 5.18. The third-order valence-electron chi connectivity index (χ3n) is 7.40. The summed E-state index contributed by atoms with van der Waals surface area (Å²) < 4.78 is 7.76. The fourth-order valence-corrected chi connectivity index (χ4v) is 5.18. The van der Waals surface area contributed by atoms with Crippen molar-refractivity contribution in [3.05, 3.63) is 54.0 Å². The summed E-state index contributed by atoms with van der Waals surface area (Å²) in [5.41, 5.74) is 2.53. The van der Waals surface area contributed by atoms with Crippen LogP contribution < -0.4 is 10.1 Å². The first-order chi connectivity index (χ1) is 17.9. The molecule has 1 aliphatic carbocycles. The van der Waals surface area contributed by atoms with E-state index in [-0.39, 0.29) is 23.4 Å². The maximum Gasteiger partial charge on any atom is 0.243 e. The Kier molecular flexibility index (Phi) is 8.47. The predicted molar refractivity (Wildman–Crippen MR) is 148 cm³/mol. The Morgan fingerprint density at radius 1 is 1.32 bits per heavy atom. The Morgan fingerprint density at radius 2 is 2.05 bits per heavy atom. The molecule has 208 valence electrons. The third kappa shape index (κ3) is 6.74. The summed E-state index contributed by atoms with van der Waals surface area (Å²) in [5.74, 6) is 1.16. The first-order valence-corrected chi connectivity index (χ1v) is 13.7. The average molecular weight is 525 g/mol. The molecule has 2 N–H and O–H groups in total. The van der Waals surface area contributed by atoms with Gasteiger partial charge in [-0.25, -0.2) is 4.68 Å². The predicted octanol–water partition coefficient (Wildman–Crippen LogP) is 3.51. The minimum Gasteiger partial charge on any atom is -0.492 e. The lowest BCUT2D eigenvalue weighted by molar-refractivity contribution is -0.125. The summed E-state index contributed by atoms with van der Waals surface area (Å²) in [6.07, 6.45) is 4.08. The van der Waals surface area contributed by atoms with Crippen molar-refractivity contribution in [2.75, 3.05) is 33.8 Å². The van der Waals surface area contributed by atoms with Gasteiger partial charge in [0.25, 0.3) is 0 Å². The van der Waals surface area contributed by atoms with E-state index in [1.807, 2.05) is 61.1 Å². The van der Waals surface area contributed by atoms with E-state index in [9.17, 15) is 9.90 Å². The van der Waals surface area contributed by atoms with Crippen LogP contribution in [0.4, 0.5) is 0 Å². The molecule has 38 heavy (non-hydrogen) atoms. The second kappa shape index (κ2) is 11.5. The molecule has 4 atom stereocenters. The van der Waals surface area contributed by atoms with Gasteiger partial charge >= 0.3 is 0 Å². The number of allylic oxidation sites excluding steroid dienone is 1. The van der Waals surface area contributed by atoms with Crippen LogP contribution in [0.25, 0.3) is 0 Å². The number of ether oxygens (including phenoxy) is 1. The van der Waals surface area contributed by atoms with Gasteiger partial charge in [0.15, 0.2) is 0 Å². The third-order valence-corrected chi connectivity index (χ3v) is 7.40. The van der Waals surface area contributed by atoms with Crippen LogP contribution in [0, 0.1) is 5.41 Å². The number of likely N-dealkylation sites (N-methyl/N-ethyl adjacent to an activating group) is 1. The zero-order chi connectivity index (χ0) is 27.6. The lowest BCUT2D eigenvalue weighted by atomic mass is 9.84. The van der Waals surface area contributed by atoms with Gasteiger partial charge in [0.1, 0.15) is 18.4 Å². The number of hydrogen-bond acceptors (Lipinski definition) is 7. The van der Waals surface area contributed by atoms with Crippen molar-refractivity contribution < 1.29 is 14.6 Å². The molecule has 2 aromatic rings. The number of benzene rings is 1. The Morgan fingerprint density at radius 3 is 2.71 bits per heavy atom. The van der Waals surface area contributed by atoms with Crippen LogP contribution in [0.2, 0.25) is 0 Å². The van der Waals surface area contributed by atoms with Crippen LogP contribution in [0.15, 0.2) is 42.7 Å². The quantitative estimate of drug-likeness (QED) is 0.464. The molecular weight excluding hydrogens is 480 g/mol. The zero-order valence-electron chi connectivity index (χ0n) is 23.7. The largest absolute Gasteiger partial charge is 0.492 e. The van der Waals surface area contributed by atoms with E-state index in [1.54, 1.807) is 0 Å². The monoisotopic (exact) mass is 524 g/mol. The molecule has 0 radical (unpaired) electrons. The number of likely N-dealkylation sites (tertiary alicyclic amines) is 1. The highest BCUT2D eigenvalue weighted by Crippen LogP contribution is 2.42. The molecule has 0 unspecified atom stereocenters. The number of rotatable bonds is 11.